The summed E-state index contributed by atoms with van der Waals surface area (Å²) in [5.74, 6) is 2.18. The van der Waals surface area contributed by atoms with E-state index in [0.717, 1.165) is 22.6 Å². The maximum absolute atomic E-state index is 12.8. The smallest absolute Gasteiger partial charge is 0.323 e. The van der Waals surface area contributed by atoms with Gasteiger partial charge >= 0.3 is 6.03 Å². The zero-order valence-electron chi connectivity index (χ0n) is 15.3. The first-order valence-electron chi connectivity index (χ1n) is 8.19. The number of hydrogen-bond acceptors (Lipinski definition) is 4. The first-order chi connectivity index (χ1) is 11.8. The van der Waals surface area contributed by atoms with Crippen molar-refractivity contribution in [3.8, 4) is 11.5 Å². The molecule has 7 heteroatoms. The molecular weight excluding hydrogens is 320 g/mol. The Morgan fingerprint density at radius 1 is 1.40 bits per heavy atom. The van der Waals surface area contributed by atoms with Gasteiger partial charge in [-0.2, -0.15) is 5.10 Å². The molecule has 7 nitrogen and oxygen atoms in total. The number of hydrogen-bond donors (Lipinski definition) is 1. The monoisotopic (exact) mass is 344 g/mol. The van der Waals surface area contributed by atoms with Crippen LogP contribution in [0.15, 0.2) is 24.4 Å². The lowest BCUT2D eigenvalue weighted by molar-refractivity contribution is 0.0832. The Morgan fingerprint density at radius 2 is 2.16 bits per heavy atom. The van der Waals surface area contributed by atoms with E-state index in [2.05, 4.69) is 10.4 Å². The van der Waals surface area contributed by atoms with Gasteiger partial charge in [-0.15, -0.1) is 0 Å². The number of rotatable bonds is 2. The van der Waals surface area contributed by atoms with E-state index in [1.807, 2.05) is 39.0 Å². The second kappa shape index (κ2) is 6.31. The number of benzene rings is 1. The van der Waals surface area contributed by atoms with Crippen molar-refractivity contribution in [1.82, 2.24) is 14.7 Å². The number of methoxy groups -OCH3 is 1. The van der Waals surface area contributed by atoms with Crippen LogP contribution in [-0.2, 0) is 13.6 Å². The predicted octanol–water partition coefficient (Wildman–Crippen LogP) is 2.94. The van der Waals surface area contributed by atoms with E-state index < -0.39 is 5.60 Å². The second-order valence-electron chi connectivity index (χ2n) is 6.92. The standard InChI is InChI=1S/C18H24N4O3/c1-12-9-19-21(4)16(12)20-17(23)22-10-13-6-7-14(24-5)8-15(13)25-18(2,3)11-22/h6-9H,10-11H2,1-5H3,(H,20,23). The Morgan fingerprint density at radius 3 is 2.80 bits per heavy atom. The van der Waals surface area contributed by atoms with Crippen molar-refractivity contribution in [2.75, 3.05) is 19.0 Å². The number of nitrogens with zero attached hydrogens (tertiary/aromatic N) is 3. The molecule has 0 saturated carbocycles. The van der Waals surface area contributed by atoms with E-state index in [0.29, 0.717) is 18.9 Å². The minimum atomic E-state index is -0.517. The van der Waals surface area contributed by atoms with Gasteiger partial charge < -0.3 is 14.4 Å². The van der Waals surface area contributed by atoms with Crippen molar-refractivity contribution >= 4 is 11.8 Å². The first-order valence-corrected chi connectivity index (χ1v) is 8.19. The van der Waals surface area contributed by atoms with Crippen LogP contribution in [0, 0.1) is 6.92 Å². The highest BCUT2D eigenvalue weighted by atomic mass is 16.5. The second-order valence-corrected chi connectivity index (χ2v) is 6.92. The number of aryl methyl sites for hydroxylation is 2. The lowest BCUT2D eigenvalue weighted by Gasteiger charge is -2.29. The molecule has 1 N–H and O–H groups in total. The topological polar surface area (TPSA) is 68.6 Å². The molecule has 2 aromatic rings. The third kappa shape index (κ3) is 3.55. The minimum absolute atomic E-state index is 0.174. The molecule has 25 heavy (non-hydrogen) atoms. The van der Waals surface area contributed by atoms with Gasteiger partial charge in [-0.25, -0.2) is 4.79 Å². The highest BCUT2D eigenvalue weighted by Gasteiger charge is 2.32. The highest BCUT2D eigenvalue weighted by molar-refractivity contribution is 5.89. The number of carbonyl (C=O) groups is 1. The Bertz CT molecular complexity index is 778. The molecule has 2 heterocycles. The van der Waals surface area contributed by atoms with Gasteiger partial charge in [0.15, 0.2) is 0 Å². The molecule has 0 saturated heterocycles. The summed E-state index contributed by atoms with van der Waals surface area (Å²) < 4.78 is 13.1. The molecule has 1 aromatic carbocycles. The van der Waals surface area contributed by atoms with E-state index in [1.54, 1.807) is 29.9 Å². The van der Waals surface area contributed by atoms with Gasteiger partial charge in [0.1, 0.15) is 22.9 Å². The van der Waals surface area contributed by atoms with Crippen LogP contribution in [-0.4, -0.2) is 40.0 Å². The van der Waals surface area contributed by atoms with Crippen molar-refractivity contribution in [1.29, 1.82) is 0 Å². The van der Waals surface area contributed by atoms with Crippen LogP contribution in [0.3, 0.4) is 0 Å². The molecule has 0 unspecified atom stereocenters. The maximum Gasteiger partial charge on any atom is 0.323 e. The third-order valence-corrected chi connectivity index (χ3v) is 4.23. The SMILES string of the molecule is COc1ccc2c(c1)OC(C)(C)CN(C(=O)Nc1c(C)cnn1C)C2. The van der Waals surface area contributed by atoms with Crippen molar-refractivity contribution < 1.29 is 14.3 Å². The molecule has 0 fully saturated rings. The van der Waals surface area contributed by atoms with Gasteiger partial charge in [0.25, 0.3) is 0 Å². The summed E-state index contributed by atoms with van der Waals surface area (Å²) in [7, 11) is 3.43. The quantitative estimate of drug-likeness (QED) is 0.909. The highest BCUT2D eigenvalue weighted by Crippen LogP contribution is 2.32. The fourth-order valence-electron chi connectivity index (χ4n) is 2.99. The summed E-state index contributed by atoms with van der Waals surface area (Å²) in [6, 6.07) is 5.50. The number of urea groups is 1. The van der Waals surface area contributed by atoms with Gasteiger partial charge in [-0.1, -0.05) is 0 Å². The summed E-state index contributed by atoms with van der Waals surface area (Å²) in [6.07, 6.45) is 1.73. The largest absolute Gasteiger partial charge is 0.497 e. The minimum Gasteiger partial charge on any atom is -0.497 e. The lowest BCUT2D eigenvalue weighted by Crippen LogP contribution is -2.45. The summed E-state index contributed by atoms with van der Waals surface area (Å²) in [4.78, 5) is 14.6. The van der Waals surface area contributed by atoms with Crippen molar-refractivity contribution in [3.63, 3.8) is 0 Å². The summed E-state index contributed by atoms with van der Waals surface area (Å²) >= 11 is 0. The van der Waals surface area contributed by atoms with Gasteiger partial charge in [0.2, 0.25) is 0 Å². The van der Waals surface area contributed by atoms with E-state index >= 15 is 0 Å². The van der Waals surface area contributed by atoms with Crippen LogP contribution >= 0.6 is 0 Å². The van der Waals surface area contributed by atoms with Gasteiger partial charge in [-0.05, 0) is 32.9 Å². The average Bonchev–Trinajstić information content (AvgIpc) is 2.79. The predicted molar refractivity (Wildman–Crippen MR) is 95.1 cm³/mol. The fraction of sp³-hybridized carbons (Fsp3) is 0.444. The molecule has 0 atom stereocenters. The zero-order chi connectivity index (χ0) is 18.2. The van der Waals surface area contributed by atoms with Crippen molar-refractivity contribution in [3.05, 3.63) is 35.5 Å². The Balaban J connectivity index is 1.87. The molecule has 1 aromatic heterocycles. The number of ether oxygens (including phenoxy) is 2. The number of aromatic nitrogens is 2. The van der Waals surface area contributed by atoms with Crippen LogP contribution in [0.4, 0.5) is 10.6 Å². The molecule has 0 bridgehead atoms. The molecular formula is C18H24N4O3. The molecule has 0 aliphatic carbocycles. The lowest BCUT2D eigenvalue weighted by atomic mass is 10.1. The summed E-state index contributed by atoms with van der Waals surface area (Å²) in [5.41, 5.74) is 1.35. The van der Waals surface area contributed by atoms with Crippen LogP contribution in [0.1, 0.15) is 25.0 Å². The van der Waals surface area contributed by atoms with Crippen LogP contribution in [0.2, 0.25) is 0 Å². The summed E-state index contributed by atoms with van der Waals surface area (Å²) in [5, 5.41) is 7.12. The number of anilines is 1. The van der Waals surface area contributed by atoms with Crippen LogP contribution < -0.4 is 14.8 Å². The number of carbonyl (C=O) groups excluding carboxylic acids is 1. The normalized spacial score (nSPS) is 15.8. The zero-order valence-corrected chi connectivity index (χ0v) is 15.3. The van der Waals surface area contributed by atoms with E-state index in [4.69, 9.17) is 9.47 Å². The average molecular weight is 344 g/mol. The van der Waals surface area contributed by atoms with E-state index in [-0.39, 0.29) is 6.03 Å². The van der Waals surface area contributed by atoms with Gasteiger partial charge in [0.05, 0.1) is 26.4 Å². The number of fused-ring (bicyclic) bond motifs is 1. The first kappa shape index (κ1) is 17.1. The maximum atomic E-state index is 12.8. The molecule has 1 aliphatic heterocycles. The Kier molecular flexibility index (Phi) is 4.32. The number of amides is 2. The number of nitrogens with one attached hydrogen (secondary N) is 1. The Hall–Kier alpha value is -2.70. The van der Waals surface area contributed by atoms with Crippen LogP contribution in [0.5, 0.6) is 11.5 Å². The van der Waals surface area contributed by atoms with Gasteiger partial charge in [0, 0.05) is 24.2 Å². The molecule has 0 radical (unpaired) electrons. The van der Waals surface area contributed by atoms with E-state index in [9.17, 15) is 4.79 Å². The Labute approximate surface area is 147 Å². The van der Waals surface area contributed by atoms with Crippen LogP contribution in [0.25, 0.3) is 0 Å². The summed E-state index contributed by atoms with van der Waals surface area (Å²) in [6.45, 7) is 6.78. The molecule has 0 spiro atoms. The molecule has 1 aliphatic rings. The fourth-order valence-corrected chi connectivity index (χ4v) is 2.99. The third-order valence-electron chi connectivity index (χ3n) is 4.23. The van der Waals surface area contributed by atoms with Crippen molar-refractivity contribution in [2.24, 2.45) is 7.05 Å². The van der Waals surface area contributed by atoms with E-state index in [1.165, 1.54) is 0 Å². The van der Waals surface area contributed by atoms with Gasteiger partial charge in [-0.3, -0.25) is 10.00 Å². The molecule has 134 valence electrons. The van der Waals surface area contributed by atoms with Crippen molar-refractivity contribution in [2.45, 2.75) is 32.9 Å². The molecule has 2 amide bonds. The molecule has 3 rings (SSSR count).